The van der Waals surface area contributed by atoms with Gasteiger partial charge in [0, 0.05) is 25.3 Å². The Morgan fingerprint density at radius 1 is 1.19 bits per heavy atom. The topological polar surface area (TPSA) is 87.5 Å². The number of aryl methyl sites for hydroxylation is 1. The maximum atomic E-state index is 11.8. The minimum absolute atomic E-state index is 0. The summed E-state index contributed by atoms with van der Waals surface area (Å²) in [6.45, 7) is 9.93. The number of halogens is 2. The number of rotatable bonds is 9. The highest BCUT2D eigenvalue weighted by atomic mass is 35.5. The standard InChI is InChI=1S/C18H30N4O2.2ClH/c1-5-22(15-8-6-7-14(4)11-15)10-9-20-16(23)12-21-18(24)17(19)13(2)3;;/h6-8,11,13,17H,5,9-10,12,19H2,1-4H3,(H,20,23)(H,21,24);2*1H/t17-;;/m0../s1. The maximum absolute atomic E-state index is 11.8. The molecule has 0 spiro atoms. The third-order valence-electron chi connectivity index (χ3n) is 3.90. The van der Waals surface area contributed by atoms with Crippen molar-refractivity contribution in [2.24, 2.45) is 11.7 Å². The van der Waals surface area contributed by atoms with E-state index < -0.39 is 6.04 Å². The van der Waals surface area contributed by atoms with Gasteiger partial charge in [-0.25, -0.2) is 0 Å². The summed E-state index contributed by atoms with van der Waals surface area (Å²) in [6.07, 6.45) is 0. The summed E-state index contributed by atoms with van der Waals surface area (Å²) < 4.78 is 0. The van der Waals surface area contributed by atoms with Gasteiger partial charge < -0.3 is 21.3 Å². The molecular formula is C18H32Cl2N4O2. The summed E-state index contributed by atoms with van der Waals surface area (Å²) in [5, 5.41) is 5.38. The highest BCUT2D eigenvalue weighted by molar-refractivity contribution is 5.87. The van der Waals surface area contributed by atoms with Crippen LogP contribution in [0.25, 0.3) is 0 Å². The van der Waals surface area contributed by atoms with Gasteiger partial charge in [0.25, 0.3) is 0 Å². The van der Waals surface area contributed by atoms with E-state index in [1.54, 1.807) is 0 Å². The Hall–Kier alpha value is -1.50. The van der Waals surface area contributed by atoms with E-state index >= 15 is 0 Å². The number of amides is 2. The predicted molar refractivity (Wildman–Crippen MR) is 112 cm³/mol. The second kappa shape index (κ2) is 13.7. The largest absolute Gasteiger partial charge is 0.370 e. The molecule has 0 aliphatic carbocycles. The van der Waals surface area contributed by atoms with Gasteiger partial charge in [0.15, 0.2) is 0 Å². The Kier molecular flexibility index (Phi) is 14.1. The van der Waals surface area contributed by atoms with Crippen LogP contribution in [-0.2, 0) is 9.59 Å². The second-order valence-electron chi connectivity index (χ2n) is 6.26. The van der Waals surface area contributed by atoms with Crippen molar-refractivity contribution in [2.45, 2.75) is 33.7 Å². The van der Waals surface area contributed by atoms with E-state index in [0.29, 0.717) is 13.1 Å². The number of anilines is 1. The highest BCUT2D eigenvalue weighted by Gasteiger charge is 2.17. The Balaban J connectivity index is 0. The molecule has 1 atom stereocenters. The van der Waals surface area contributed by atoms with Gasteiger partial charge in [-0.3, -0.25) is 9.59 Å². The van der Waals surface area contributed by atoms with Gasteiger partial charge in [0.2, 0.25) is 11.8 Å². The molecule has 0 unspecified atom stereocenters. The average Bonchev–Trinajstić information content (AvgIpc) is 2.55. The normalized spacial score (nSPS) is 11.0. The number of nitrogens with one attached hydrogen (secondary N) is 2. The lowest BCUT2D eigenvalue weighted by molar-refractivity contribution is -0.127. The van der Waals surface area contributed by atoms with Crippen molar-refractivity contribution in [3.8, 4) is 0 Å². The molecule has 0 fully saturated rings. The SMILES string of the molecule is CCN(CCNC(=O)CNC(=O)[C@@H](N)C(C)C)c1cccc(C)c1.Cl.Cl. The molecule has 0 bridgehead atoms. The van der Waals surface area contributed by atoms with Crippen LogP contribution < -0.4 is 21.3 Å². The van der Waals surface area contributed by atoms with Crippen molar-refractivity contribution in [3.63, 3.8) is 0 Å². The molecule has 0 saturated carbocycles. The summed E-state index contributed by atoms with van der Waals surface area (Å²) in [5.41, 5.74) is 8.08. The van der Waals surface area contributed by atoms with Crippen molar-refractivity contribution in [2.75, 3.05) is 31.1 Å². The molecule has 8 heteroatoms. The van der Waals surface area contributed by atoms with Crippen LogP contribution in [-0.4, -0.2) is 44.0 Å². The number of hydrogen-bond donors (Lipinski definition) is 3. The van der Waals surface area contributed by atoms with Gasteiger partial charge in [-0.05, 0) is 37.5 Å². The van der Waals surface area contributed by atoms with Crippen LogP contribution in [0.3, 0.4) is 0 Å². The summed E-state index contributed by atoms with van der Waals surface area (Å²) in [7, 11) is 0. The summed E-state index contributed by atoms with van der Waals surface area (Å²) in [6, 6.07) is 7.68. The van der Waals surface area contributed by atoms with E-state index in [1.807, 2.05) is 19.9 Å². The molecule has 0 saturated heterocycles. The van der Waals surface area contributed by atoms with Crippen molar-refractivity contribution in [1.29, 1.82) is 0 Å². The molecule has 1 aromatic carbocycles. The Morgan fingerprint density at radius 2 is 1.85 bits per heavy atom. The number of nitrogens with zero attached hydrogens (tertiary/aromatic N) is 1. The van der Waals surface area contributed by atoms with Crippen LogP contribution >= 0.6 is 24.8 Å². The lowest BCUT2D eigenvalue weighted by Crippen LogP contribution is -2.47. The zero-order valence-corrected chi connectivity index (χ0v) is 17.6. The Morgan fingerprint density at radius 3 is 2.38 bits per heavy atom. The highest BCUT2D eigenvalue weighted by Crippen LogP contribution is 2.14. The molecule has 4 N–H and O–H groups in total. The fraction of sp³-hybridized carbons (Fsp3) is 0.556. The Labute approximate surface area is 169 Å². The first-order valence-electron chi connectivity index (χ1n) is 8.46. The number of hydrogen-bond acceptors (Lipinski definition) is 4. The fourth-order valence-electron chi connectivity index (χ4n) is 2.28. The molecule has 26 heavy (non-hydrogen) atoms. The zero-order valence-electron chi connectivity index (χ0n) is 16.0. The molecule has 0 aliphatic heterocycles. The van der Waals surface area contributed by atoms with Crippen molar-refractivity contribution >= 4 is 42.3 Å². The van der Waals surface area contributed by atoms with Crippen molar-refractivity contribution in [1.82, 2.24) is 10.6 Å². The summed E-state index contributed by atoms with van der Waals surface area (Å²) in [4.78, 5) is 25.7. The molecule has 0 aromatic heterocycles. The minimum Gasteiger partial charge on any atom is -0.370 e. The van der Waals surface area contributed by atoms with Crippen molar-refractivity contribution < 1.29 is 9.59 Å². The van der Waals surface area contributed by atoms with E-state index in [-0.39, 0.29) is 49.1 Å². The number of likely N-dealkylation sites (N-methyl/N-ethyl adjacent to an activating group) is 1. The van der Waals surface area contributed by atoms with E-state index in [2.05, 4.69) is 47.6 Å². The molecule has 6 nitrogen and oxygen atoms in total. The van der Waals surface area contributed by atoms with Crippen LogP contribution in [0, 0.1) is 12.8 Å². The lowest BCUT2D eigenvalue weighted by Gasteiger charge is -2.23. The predicted octanol–water partition coefficient (Wildman–Crippen LogP) is 1.88. The molecular weight excluding hydrogens is 375 g/mol. The first kappa shape index (κ1) is 26.7. The monoisotopic (exact) mass is 406 g/mol. The van der Waals surface area contributed by atoms with Gasteiger partial charge in [0.1, 0.15) is 0 Å². The van der Waals surface area contributed by atoms with Gasteiger partial charge in [-0.2, -0.15) is 0 Å². The number of carbonyl (C=O) groups is 2. The molecule has 1 rings (SSSR count). The second-order valence-corrected chi connectivity index (χ2v) is 6.26. The zero-order chi connectivity index (χ0) is 18.1. The Bertz CT molecular complexity index is 556. The van der Waals surface area contributed by atoms with Crippen LogP contribution in [0.5, 0.6) is 0 Å². The van der Waals surface area contributed by atoms with Gasteiger partial charge in [-0.1, -0.05) is 26.0 Å². The molecule has 150 valence electrons. The van der Waals surface area contributed by atoms with Gasteiger partial charge in [0.05, 0.1) is 12.6 Å². The number of benzene rings is 1. The third kappa shape index (κ3) is 9.27. The fourth-order valence-corrected chi connectivity index (χ4v) is 2.28. The average molecular weight is 407 g/mol. The first-order chi connectivity index (χ1) is 11.3. The first-order valence-corrected chi connectivity index (χ1v) is 8.46. The van der Waals surface area contributed by atoms with Crippen LogP contribution in [0.1, 0.15) is 26.3 Å². The van der Waals surface area contributed by atoms with E-state index in [9.17, 15) is 9.59 Å². The molecule has 0 aliphatic rings. The quantitative estimate of drug-likeness (QED) is 0.583. The molecule has 2 amide bonds. The smallest absolute Gasteiger partial charge is 0.239 e. The molecule has 0 heterocycles. The van der Waals surface area contributed by atoms with Crippen LogP contribution in [0.2, 0.25) is 0 Å². The maximum Gasteiger partial charge on any atom is 0.239 e. The van der Waals surface area contributed by atoms with Crippen molar-refractivity contribution in [3.05, 3.63) is 29.8 Å². The lowest BCUT2D eigenvalue weighted by atomic mass is 10.1. The van der Waals surface area contributed by atoms with Crippen LogP contribution in [0.4, 0.5) is 5.69 Å². The summed E-state index contributed by atoms with van der Waals surface area (Å²) in [5.74, 6) is -0.463. The minimum atomic E-state index is -0.588. The summed E-state index contributed by atoms with van der Waals surface area (Å²) >= 11 is 0. The molecule has 1 aromatic rings. The van der Waals surface area contributed by atoms with Crippen LogP contribution in [0.15, 0.2) is 24.3 Å². The number of carbonyl (C=O) groups excluding carboxylic acids is 2. The third-order valence-corrected chi connectivity index (χ3v) is 3.90. The van der Waals surface area contributed by atoms with E-state index in [0.717, 1.165) is 12.2 Å². The molecule has 0 radical (unpaired) electrons. The van der Waals surface area contributed by atoms with E-state index in [1.165, 1.54) is 5.56 Å². The van der Waals surface area contributed by atoms with Gasteiger partial charge in [-0.15, -0.1) is 24.8 Å². The van der Waals surface area contributed by atoms with Gasteiger partial charge >= 0.3 is 0 Å². The number of nitrogens with two attached hydrogens (primary N) is 1. The van der Waals surface area contributed by atoms with E-state index in [4.69, 9.17) is 5.73 Å².